The highest BCUT2D eigenvalue weighted by Crippen LogP contribution is 2.17. The summed E-state index contributed by atoms with van der Waals surface area (Å²) in [6.45, 7) is -0.249. The molecule has 0 aliphatic carbocycles. The van der Waals surface area contributed by atoms with Crippen LogP contribution in [0.1, 0.15) is 6.42 Å². The van der Waals surface area contributed by atoms with Gasteiger partial charge in [-0.05, 0) is 12.1 Å². The third-order valence-electron chi connectivity index (χ3n) is 2.97. The Morgan fingerprint density at radius 3 is 2.39 bits per heavy atom. The lowest BCUT2D eigenvalue weighted by Gasteiger charge is -2.21. The molecule has 0 radical (unpaired) electrons. The second-order valence-corrected chi connectivity index (χ2v) is 4.49. The first-order valence-corrected chi connectivity index (χ1v) is 6.83. The fourth-order valence-electron chi connectivity index (χ4n) is 1.70. The van der Waals surface area contributed by atoms with E-state index < -0.39 is 18.0 Å². The van der Waals surface area contributed by atoms with Crippen LogP contribution in [0.3, 0.4) is 0 Å². The summed E-state index contributed by atoms with van der Waals surface area (Å²) in [6.07, 6.45) is -0.0287. The number of anilines is 1. The van der Waals surface area contributed by atoms with Gasteiger partial charge < -0.3 is 24.4 Å². The lowest BCUT2D eigenvalue weighted by Crippen LogP contribution is -2.40. The predicted molar refractivity (Wildman–Crippen MR) is 82.2 cm³/mol. The zero-order valence-corrected chi connectivity index (χ0v) is 13.3. The maximum Gasteiger partial charge on any atom is 0.325 e. The fourth-order valence-corrected chi connectivity index (χ4v) is 1.70. The van der Waals surface area contributed by atoms with Gasteiger partial charge >= 0.3 is 18.0 Å². The highest BCUT2D eigenvalue weighted by atomic mass is 16.5. The molecule has 2 amide bonds. The number of carbonyl (C=O) groups is 3. The molecule has 0 saturated carbocycles. The summed E-state index contributed by atoms with van der Waals surface area (Å²) in [4.78, 5) is 36.1. The van der Waals surface area contributed by atoms with E-state index in [1.54, 1.807) is 24.3 Å². The summed E-state index contributed by atoms with van der Waals surface area (Å²) in [6, 6.07) is 6.23. The number of nitrogens with zero attached hydrogens (tertiary/aromatic N) is 1. The van der Waals surface area contributed by atoms with E-state index in [1.807, 2.05) is 0 Å². The number of carbonyl (C=O) groups excluding carboxylic acids is 3. The van der Waals surface area contributed by atoms with E-state index in [1.165, 1.54) is 26.2 Å². The minimum Gasteiger partial charge on any atom is -0.497 e. The van der Waals surface area contributed by atoms with E-state index in [-0.39, 0.29) is 19.5 Å². The van der Waals surface area contributed by atoms with Crippen LogP contribution < -0.4 is 10.1 Å². The third kappa shape index (κ3) is 6.25. The Morgan fingerprint density at radius 1 is 1.09 bits per heavy atom. The molecule has 0 atom stereocenters. The van der Waals surface area contributed by atoms with Gasteiger partial charge in [-0.2, -0.15) is 0 Å². The number of hydrogen-bond acceptors (Lipinski definition) is 6. The first kappa shape index (κ1) is 18.3. The molecule has 1 aromatic rings. The molecule has 1 rings (SSSR count). The summed E-state index contributed by atoms with van der Waals surface area (Å²) >= 11 is 0. The molecule has 0 heterocycles. The smallest absolute Gasteiger partial charge is 0.325 e. The monoisotopic (exact) mass is 324 g/mol. The van der Waals surface area contributed by atoms with Crippen molar-refractivity contribution in [2.45, 2.75) is 6.42 Å². The van der Waals surface area contributed by atoms with Gasteiger partial charge in [-0.15, -0.1) is 0 Å². The van der Waals surface area contributed by atoms with Crippen LogP contribution in [0.2, 0.25) is 0 Å². The van der Waals surface area contributed by atoms with Crippen molar-refractivity contribution < 1.29 is 28.6 Å². The standard InChI is InChI=1S/C15H20N2O6/c1-21-12-6-4-5-11(9-12)16-15(20)17(10-14(19)23-3)8-7-13(18)22-2/h4-6,9H,7-8,10H2,1-3H3,(H,16,20). The number of hydrogen-bond donors (Lipinski definition) is 1. The summed E-state index contributed by atoms with van der Waals surface area (Å²) in [5.41, 5.74) is 0.502. The maximum absolute atomic E-state index is 12.3. The van der Waals surface area contributed by atoms with Crippen LogP contribution in [-0.2, 0) is 19.1 Å². The molecular weight excluding hydrogens is 304 g/mol. The number of esters is 2. The van der Waals surface area contributed by atoms with Crippen LogP contribution in [0.4, 0.5) is 10.5 Å². The van der Waals surface area contributed by atoms with Gasteiger partial charge in [0.05, 0.1) is 27.8 Å². The molecule has 0 aromatic heterocycles. The lowest BCUT2D eigenvalue weighted by molar-refractivity contribution is -0.143. The van der Waals surface area contributed by atoms with E-state index in [0.29, 0.717) is 11.4 Å². The minimum atomic E-state index is -0.587. The van der Waals surface area contributed by atoms with Crippen molar-refractivity contribution in [3.8, 4) is 5.75 Å². The Morgan fingerprint density at radius 2 is 1.78 bits per heavy atom. The Bertz CT molecular complexity index is 561. The normalized spacial score (nSPS) is 9.70. The molecule has 8 nitrogen and oxygen atoms in total. The van der Waals surface area contributed by atoms with Crippen molar-refractivity contribution in [1.29, 1.82) is 0 Å². The Kier molecular flexibility index (Phi) is 7.38. The van der Waals surface area contributed by atoms with Crippen molar-refractivity contribution in [3.63, 3.8) is 0 Å². The molecular formula is C15H20N2O6. The number of benzene rings is 1. The summed E-state index contributed by atoms with van der Waals surface area (Å²) in [5.74, 6) is -0.485. The topological polar surface area (TPSA) is 94.2 Å². The molecule has 23 heavy (non-hydrogen) atoms. The van der Waals surface area contributed by atoms with Gasteiger partial charge in [0, 0.05) is 18.3 Å². The van der Waals surface area contributed by atoms with Gasteiger partial charge in [-0.3, -0.25) is 9.59 Å². The molecule has 0 bridgehead atoms. The van der Waals surface area contributed by atoms with Gasteiger partial charge in [0.25, 0.3) is 0 Å². The second-order valence-electron chi connectivity index (χ2n) is 4.49. The van der Waals surface area contributed by atoms with Crippen molar-refractivity contribution in [2.24, 2.45) is 0 Å². The van der Waals surface area contributed by atoms with E-state index in [4.69, 9.17) is 4.74 Å². The highest BCUT2D eigenvalue weighted by molar-refractivity contribution is 5.92. The van der Waals surface area contributed by atoms with E-state index >= 15 is 0 Å². The molecule has 8 heteroatoms. The first-order chi connectivity index (χ1) is 11.0. The number of amides is 2. The van der Waals surface area contributed by atoms with Crippen LogP contribution in [0, 0.1) is 0 Å². The van der Waals surface area contributed by atoms with Crippen molar-refractivity contribution in [1.82, 2.24) is 4.90 Å². The number of rotatable bonds is 7. The molecule has 0 saturated heterocycles. The van der Waals surface area contributed by atoms with Gasteiger partial charge in [0.1, 0.15) is 12.3 Å². The Balaban J connectivity index is 2.76. The molecule has 1 N–H and O–H groups in total. The molecule has 1 aromatic carbocycles. The predicted octanol–water partition coefficient (Wildman–Crippen LogP) is 1.27. The number of ether oxygens (including phenoxy) is 3. The maximum atomic E-state index is 12.3. The van der Waals surface area contributed by atoms with E-state index in [2.05, 4.69) is 14.8 Å². The van der Waals surface area contributed by atoms with Crippen molar-refractivity contribution in [3.05, 3.63) is 24.3 Å². The Labute approximate surface area is 134 Å². The zero-order chi connectivity index (χ0) is 17.2. The zero-order valence-electron chi connectivity index (χ0n) is 13.3. The number of methoxy groups -OCH3 is 3. The summed E-state index contributed by atoms with van der Waals surface area (Å²) in [7, 11) is 3.99. The molecule has 0 aliphatic heterocycles. The average Bonchev–Trinajstić information content (AvgIpc) is 2.57. The SMILES string of the molecule is COC(=O)CCN(CC(=O)OC)C(=O)Nc1cccc(OC)c1. The number of nitrogens with one attached hydrogen (secondary N) is 1. The van der Waals surface area contributed by atoms with Crippen LogP contribution in [0.5, 0.6) is 5.75 Å². The largest absolute Gasteiger partial charge is 0.497 e. The van der Waals surface area contributed by atoms with Gasteiger partial charge in [0.2, 0.25) is 0 Å². The van der Waals surface area contributed by atoms with Gasteiger partial charge in [-0.25, -0.2) is 4.79 Å². The lowest BCUT2D eigenvalue weighted by atomic mass is 10.3. The van der Waals surface area contributed by atoms with Crippen molar-refractivity contribution >= 4 is 23.7 Å². The molecule has 0 unspecified atom stereocenters. The first-order valence-electron chi connectivity index (χ1n) is 6.83. The Hall–Kier alpha value is -2.77. The highest BCUT2D eigenvalue weighted by Gasteiger charge is 2.19. The molecule has 0 aliphatic rings. The molecule has 0 spiro atoms. The molecule has 126 valence electrons. The fraction of sp³-hybridized carbons (Fsp3) is 0.400. The molecule has 0 fully saturated rings. The van der Waals surface area contributed by atoms with Crippen LogP contribution in [0.15, 0.2) is 24.3 Å². The van der Waals surface area contributed by atoms with Gasteiger partial charge in [-0.1, -0.05) is 6.07 Å². The van der Waals surface area contributed by atoms with Crippen molar-refractivity contribution in [2.75, 3.05) is 39.7 Å². The average molecular weight is 324 g/mol. The third-order valence-corrected chi connectivity index (χ3v) is 2.97. The van der Waals surface area contributed by atoms with Gasteiger partial charge in [0.15, 0.2) is 0 Å². The van der Waals surface area contributed by atoms with Crippen LogP contribution in [-0.4, -0.2) is 57.3 Å². The summed E-state index contributed by atoms with van der Waals surface area (Å²) in [5, 5.41) is 2.64. The summed E-state index contributed by atoms with van der Waals surface area (Å²) < 4.78 is 14.2. The van der Waals surface area contributed by atoms with E-state index in [0.717, 1.165) is 0 Å². The second kappa shape index (κ2) is 9.29. The quantitative estimate of drug-likeness (QED) is 0.759. The van der Waals surface area contributed by atoms with Crippen LogP contribution in [0.25, 0.3) is 0 Å². The minimum absolute atomic E-state index is 0.0254. The number of urea groups is 1. The van der Waals surface area contributed by atoms with Crippen LogP contribution >= 0.6 is 0 Å². The van der Waals surface area contributed by atoms with E-state index in [9.17, 15) is 14.4 Å².